The molecule has 0 saturated carbocycles. The molecule has 7 nitrogen and oxygen atoms in total. The average Bonchev–Trinajstić information content (AvgIpc) is 3.49. The van der Waals surface area contributed by atoms with Crippen molar-refractivity contribution in [3.63, 3.8) is 0 Å². The van der Waals surface area contributed by atoms with Gasteiger partial charge in [0.15, 0.2) is 23.1 Å². The molecule has 1 fully saturated rings. The van der Waals surface area contributed by atoms with Gasteiger partial charge in [-0.3, -0.25) is 24.1 Å². The van der Waals surface area contributed by atoms with Crippen LogP contribution in [0.25, 0.3) is 0 Å². The minimum atomic E-state index is -0.586. The van der Waals surface area contributed by atoms with Crippen LogP contribution in [0.2, 0.25) is 0 Å². The van der Waals surface area contributed by atoms with Gasteiger partial charge in [-0.2, -0.15) is 0 Å². The van der Waals surface area contributed by atoms with E-state index in [0.717, 1.165) is 10.5 Å². The maximum absolute atomic E-state index is 13.7. The molecule has 0 bridgehead atoms. The van der Waals surface area contributed by atoms with Crippen molar-refractivity contribution in [3.8, 4) is 11.5 Å². The summed E-state index contributed by atoms with van der Waals surface area (Å²) in [4.78, 5) is 56.0. The molecule has 3 aliphatic carbocycles. The van der Waals surface area contributed by atoms with E-state index >= 15 is 0 Å². The number of carbonyl (C=O) groups excluding carboxylic acids is 4. The monoisotopic (exact) mass is 515 g/mol. The number of phenolic OH excluding ortho intramolecular Hbond substituents is 1. The van der Waals surface area contributed by atoms with Crippen LogP contribution >= 0.6 is 11.3 Å². The summed E-state index contributed by atoms with van der Waals surface area (Å²) >= 11 is 1.50. The molecule has 4 aliphatic rings. The highest BCUT2D eigenvalue weighted by atomic mass is 32.1. The zero-order valence-corrected chi connectivity index (χ0v) is 21.2. The molecule has 1 aromatic heterocycles. The molecule has 8 heteroatoms. The summed E-state index contributed by atoms with van der Waals surface area (Å²) in [5, 5.41) is 12.1. The Morgan fingerprint density at radius 3 is 2.65 bits per heavy atom. The van der Waals surface area contributed by atoms with Gasteiger partial charge in [-0.25, -0.2) is 0 Å². The predicted octanol–water partition coefficient (Wildman–Crippen LogP) is 4.09. The van der Waals surface area contributed by atoms with E-state index in [1.54, 1.807) is 19.1 Å². The fourth-order valence-corrected chi connectivity index (χ4v) is 7.11. The third-order valence-corrected chi connectivity index (χ3v) is 8.95. The molecule has 188 valence electrons. The molecule has 2 aromatic rings. The number of likely N-dealkylation sites (tertiary alicyclic amines) is 1. The van der Waals surface area contributed by atoms with E-state index in [1.165, 1.54) is 35.5 Å². The number of ketones is 2. The maximum Gasteiger partial charge on any atom is 0.234 e. The number of hydrogen-bond donors (Lipinski definition) is 1. The summed E-state index contributed by atoms with van der Waals surface area (Å²) in [5.74, 6) is -2.61. The molecule has 0 radical (unpaired) electrons. The largest absolute Gasteiger partial charge is 0.504 e. The molecule has 0 unspecified atom stereocenters. The zero-order valence-electron chi connectivity index (χ0n) is 20.4. The summed E-state index contributed by atoms with van der Waals surface area (Å²) in [7, 11) is 1.45. The van der Waals surface area contributed by atoms with Crippen molar-refractivity contribution in [1.82, 2.24) is 4.90 Å². The van der Waals surface area contributed by atoms with Crippen molar-refractivity contribution in [1.29, 1.82) is 0 Å². The van der Waals surface area contributed by atoms with Gasteiger partial charge in [-0.1, -0.05) is 23.8 Å². The number of hydrogen-bond acceptors (Lipinski definition) is 7. The zero-order chi connectivity index (χ0) is 26.0. The lowest BCUT2D eigenvalue weighted by atomic mass is 9.59. The second kappa shape index (κ2) is 8.66. The third-order valence-electron chi connectivity index (χ3n) is 8.08. The van der Waals surface area contributed by atoms with Crippen molar-refractivity contribution < 1.29 is 29.0 Å². The molecular weight excluding hydrogens is 490 g/mol. The second-order valence-corrected chi connectivity index (χ2v) is 11.0. The molecule has 1 N–H and O–H groups in total. The minimum absolute atomic E-state index is 0.0342. The highest BCUT2D eigenvalue weighted by molar-refractivity contribution is 7.09. The van der Waals surface area contributed by atoms with Crippen molar-refractivity contribution in [2.24, 2.45) is 17.8 Å². The van der Waals surface area contributed by atoms with E-state index < -0.39 is 17.8 Å². The quantitative estimate of drug-likeness (QED) is 0.374. The SMILES string of the molecule is COc1cc([C@H]2C3=CC[C@@H]4C(=O)N(Cc5cccs5)C(=O)[C@@H]4[C@@H]3CC3=C2C(=O)C=C(C)C3=O)ccc1O. The Kier molecular flexibility index (Phi) is 5.53. The molecule has 37 heavy (non-hydrogen) atoms. The third kappa shape index (κ3) is 3.54. The Hall–Kier alpha value is -3.78. The van der Waals surface area contributed by atoms with E-state index in [9.17, 15) is 24.3 Å². The molecule has 2 heterocycles. The fraction of sp³-hybridized carbons (Fsp3) is 0.310. The Balaban J connectivity index is 1.47. The minimum Gasteiger partial charge on any atom is -0.504 e. The first-order valence-corrected chi connectivity index (χ1v) is 13.1. The van der Waals surface area contributed by atoms with Gasteiger partial charge in [0.2, 0.25) is 11.8 Å². The number of Topliss-reactive ketones (excluding diaryl/α,β-unsaturated/α-hetero) is 1. The number of aromatic hydroxyl groups is 1. The second-order valence-electron chi connectivity index (χ2n) is 10.0. The molecule has 1 aromatic carbocycles. The van der Waals surface area contributed by atoms with Crippen LogP contribution in [0, 0.1) is 17.8 Å². The van der Waals surface area contributed by atoms with Crippen LogP contribution in [0.4, 0.5) is 0 Å². The lowest BCUT2D eigenvalue weighted by Crippen LogP contribution is -2.39. The molecule has 0 spiro atoms. The first kappa shape index (κ1) is 23.6. The Morgan fingerprint density at radius 2 is 1.92 bits per heavy atom. The van der Waals surface area contributed by atoms with Gasteiger partial charge < -0.3 is 9.84 Å². The van der Waals surface area contributed by atoms with Gasteiger partial charge in [-0.15, -0.1) is 11.3 Å². The highest BCUT2D eigenvalue weighted by Crippen LogP contribution is 2.55. The van der Waals surface area contributed by atoms with E-state index in [4.69, 9.17) is 4.74 Å². The average molecular weight is 516 g/mol. The number of benzene rings is 1. The molecule has 1 saturated heterocycles. The van der Waals surface area contributed by atoms with Gasteiger partial charge in [0, 0.05) is 27.5 Å². The Labute approximate surface area is 217 Å². The topological polar surface area (TPSA) is 101 Å². The summed E-state index contributed by atoms with van der Waals surface area (Å²) in [6.07, 6.45) is 4.01. The number of rotatable bonds is 4. The predicted molar refractivity (Wildman–Crippen MR) is 136 cm³/mol. The Bertz CT molecular complexity index is 1460. The molecular formula is C29H25NO6S. The number of allylic oxidation sites excluding steroid dienone is 6. The van der Waals surface area contributed by atoms with Crippen LogP contribution in [0.15, 0.2) is 70.2 Å². The molecule has 1 aliphatic heterocycles. The smallest absolute Gasteiger partial charge is 0.234 e. The summed E-state index contributed by atoms with van der Waals surface area (Å²) in [5.41, 5.74) is 2.77. The number of fused-ring (bicyclic) bond motifs is 3. The van der Waals surface area contributed by atoms with Crippen LogP contribution in [-0.2, 0) is 25.7 Å². The number of nitrogens with zero attached hydrogens (tertiary/aromatic N) is 1. The summed E-state index contributed by atoms with van der Waals surface area (Å²) < 4.78 is 5.32. The number of thiophene rings is 1. The lowest BCUT2D eigenvalue weighted by Gasteiger charge is -2.42. The molecule has 2 amide bonds. The van der Waals surface area contributed by atoms with Gasteiger partial charge in [0.1, 0.15) is 0 Å². The van der Waals surface area contributed by atoms with Crippen molar-refractivity contribution in [2.45, 2.75) is 32.2 Å². The van der Waals surface area contributed by atoms with Crippen LogP contribution in [-0.4, -0.2) is 40.5 Å². The van der Waals surface area contributed by atoms with Crippen molar-refractivity contribution in [3.05, 3.63) is 80.6 Å². The normalized spacial score (nSPS) is 27.0. The first-order chi connectivity index (χ1) is 17.8. The van der Waals surface area contributed by atoms with Crippen LogP contribution in [0.3, 0.4) is 0 Å². The number of carbonyl (C=O) groups is 4. The first-order valence-electron chi connectivity index (χ1n) is 12.2. The van der Waals surface area contributed by atoms with E-state index in [0.29, 0.717) is 28.7 Å². The number of phenols is 1. The number of methoxy groups -OCH3 is 1. The summed E-state index contributed by atoms with van der Waals surface area (Å²) in [6.45, 7) is 1.88. The number of imide groups is 1. The van der Waals surface area contributed by atoms with E-state index in [-0.39, 0.29) is 53.8 Å². The fourth-order valence-electron chi connectivity index (χ4n) is 6.41. The van der Waals surface area contributed by atoms with Gasteiger partial charge in [-0.05, 0) is 60.9 Å². The number of amides is 2. The van der Waals surface area contributed by atoms with Gasteiger partial charge >= 0.3 is 0 Å². The van der Waals surface area contributed by atoms with Crippen LogP contribution < -0.4 is 4.74 Å². The lowest BCUT2D eigenvalue weighted by molar-refractivity contribution is -0.140. The van der Waals surface area contributed by atoms with Gasteiger partial charge in [0.05, 0.1) is 25.5 Å². The van der Waals surface area contributed by atoms with E-state index in [1.807, 2.05) is 23.6 Å². The van der Waals surface area contributed by atoms with Crippen molar-refractivity contribution in [2.75, 3.05) is 7.11 Å². The standard InChI is InChI=1S/C29H25NO6S/c1-14-10-22(32)26-20(27(14)33)12-19-17(24(26)15-5-8-21(31)23(11-15)36-2)6-7-18-25(19)29(35)30(28(18)34)13-16-4-3-9-37-16/h3-6,8-11,18-19,24-25,31H,7,12-13H2,1-2H3/t18-,19+,24-,25-/m0/s1. The van der Waals surface area contributed by atoms with E-state index in [2.05, 4.69) is 0 Å². The van der Waals surface area contributed by atoms with Gasteiger partial charge in [0.25, 0.3) is 0 Å². The highest BCUT2D eigenvalue weighted by Gasteiger charge is 2.56. The van der Waals surface area contributed by atoms with Crippen molar-refractivity contribution >= 4 is 34.7 Å². The summed E-state index contributed by atoms with van der Waals surface area (Å²) in [6, 6.07) is 8.70. The number of ether oxygens (including phenoxy) is 1. The maximum atomic E-state index is 13.7. The van der Waals surface area contributed by atoms with Crippen LogP contribution in [0.1, 0.15) is 36.1 Å². The molecule has 6 rings (SSSR count). The molecule has 4 atom stereocenters. The van der Waals surface area contributed by atoms with Crippen LogP contribution in [0.5, 0.6) is 11.5 Å². The Morgan fingerprint density at radius 1 is 1.11 bits per heavy atom.